The Labute approximate surface area is 206 Å². The summed E-state index contributed by atoms with van der Waals surface area (Å²) in [5.41, 5.74) is 1.86. The van der Waals surface area contributed by atoms with Crippen molar-refractivity contribution in [2.75, 3.05) is 0 Å². The molecule has 0 radical (unpaired) electrons. The molecule has 6 heteroatoms. The number of fused-ring (bicyclic) bond motifs is 3. The van der Waals surface area contributed by atoms with Crippen LogP contribution in [0.4, 0.5) is 0 Å². The Hall–Kier alpha value is -2.21. The Morgan fingerprint density at radius 3 is 2.26 bits per heavy atom. The fraction of sp³-hybridized carbons (Fsp3) is 0.690. The third-order valence-electron chi connectivity index (χ3n) is 10.5. The van der Waals surface area contributed by atoms with Gasteiger partial charge < -0.3 is 9.67 Å². The average Bonchev–Trinajstić information content (AvgIpc) is 2.75. The van der Waals surface area contributed by atoms with E-state index in [9.17, 15) is 14.7 Å². The Morgan fingerprint density at radius 1 is 0.971 bits per heavy atom. The highest BCUT2D eigenvalue weighted by molar-refractivity contribution is 5.88. The van der Waals surface area contributed by atoms with E-state index in [1.165, 1.54) is 57.8 Å². The van der Waals surface area contributed by atoms with Crippen LogP contribution in [0.2, 0.25) is 0 Å². The fourth-order valence-corrected chi connectivity index (χ4v) is 10.7. The van der Waals surface area contributed by atoms with Crippen molar-refractivity contribution in [1.82, 2.24) is 14.5 Å². The van der Waals surface area contributed by atoms with E-state index >= 15 is 0 Å². The summed E-state index contributed by atoms with van der Waals surface area (Å²) in [5.74, 6) is -0.369. The van der Waals surface area contributed by atoms with Crippen LogP contribution in [0, 0.1) is 16.7 Å². The van der Waals surface area contributed by atoms with Crippen molar-refractivity contribution in [2.45, 2.75) is 108 Å². The quantitative estimate of drug-likeness (QED) is 0.643. The van der Waals surface area contributed by atoms with Crippen molar-refractivity contribution in [3.63, 3.8) is 0 Å². The minimum atomic E-state index is -1.23. The Balaban J connectivity index is 1.29. The van der Waals surface area contributed by atoms with E-state index in [1.54, 1.807) is 4.57 Å². The lowest BCUT2D eigenvalue weighted by Gasteiger charge is -2.71. The van der Waals surface area contributed by atoms with Crippen LogP contribution in [-0.4, -0.2) is 43.1 Å². The molecule has 0 amide bonds. The lowest BCUT2D eigenvalue weighted by molar-refractivity contribution is -0.198. The largest absolute Gasteiger partial charge is 0.476 e. The molecule has 1 aromatic carbocycles. The number of carboxylic acids is 1. The number of hydrogen-bond acceptors (Lipinski definition) is 4. The predicted molar refractivity (Wildman–Crippen MR) is 135 cm³/mol. The zero-order valence-electron chi connectivity index (χ0n) is 21.0. The molecule has 6 aliphatic rings. The van der Waals surface area contributed by atoms with E-state index in [-0.39, 0.29) is 11.7 Å². The molecule has 2 aliphatic heterocycles. The molecular weight excluding hydrogens is 438 g/mol. The van der Waals surface area contributed by atoms with E-state index in [2.05, 4.69) is 23.7 Å². The molecule has 2 saturated heterocycles. The number of benzene rings is 1. The summed E-state index contributed by atoms with van der Waals surface area (Å²) in [7, 11) is 0. The lowest BCUT2D eigenvalue weighted by Crippen LogP contribution is -2.71. The predicted octanol–water partition coefficient (Wildman–Crippen LogP) is 5.40. The molecule has 4 atom stereocenters. The molecule has 3 heterocycles. The molecule has 4 aliphatic carbocycles. The van der Waals surface area contributed by atoms with Crippen molar-refractivity contribution >= 4 is 17.0 Å². The smallest absolute Gasteiger partial charge is 0.360 e. The van der Waals surface area contributed by atoms with Gasteiger partial charge >= 0.3 is 5.97 Å². The van der Waals surface area contributed by atoms with E-state index in [1.807, 2.05) is 24.3 Å². The van der Waals surface area contributed by atoms with Crippen LogP contribution in [0.3, 0.4) is 0 Å². The van der Waals surface area contributed by atoms with Crippen LogP contribution in [-0.2, 0) is 0 Å². The van der Waals surface area contributed by atoms with Crippen molar-refractivity contribution < 1.29 is 9.90 Å². The molecule has 4 saturated carbocycles. The minimum Gasteiger partial charge on any atom is -0.476 e. The van der Waals surface area contributed by atoms with Gasteiger partial charge in [-0.15, -0.1) is 0 Å². The van der Waals surface area contributed by atoms with Crippen molar-refractivity contribution in [3.05, 3.63) is 40.3 Å². The first kappa shape index (κ1) is 22.0. The summed E-state index contributed by atoms with van der Waals surface area (Å²) in [6.45, 7) is 5.12. The number of hydrogen-bond donors (Lipinski definition) is 1. The number of aromatic nitrogens is 2. The molecule has 1 N–H and O–H groups in total. The number of rotatable bonds is 3. The molecule has 2 aromatic rings. The molecular formula is C29H37N3O3. The lowest BCUT2D eigenvalue weighted by atomic mass is 9.42. The number of aromatic carboxylic acids is 1. The topological polar surface area (TPSA) is 75.4 Å². The zero-order chi connectivity index (χ0) is 24.2. The van der Waals surface area contributed by atoms with Gasteiger partial charge in [0.25, 0.3) is 5.56 Å². The van der Waals surface area contributed by atoms with Gasteiger partial charge in [0.15, 0.2) is 0 Å². The van der Waals surface area contributed by atoms with E-state index in [0.29, 0.717) is 34.0 Å². The Kier molecular flexibility index (Phi) is 4.52. The third kappa shape index (κ3) is 3.21. The summed E-state index contributed by atoms with van der Waals surface area (Å²) in [5, 5.41) is 9.71. The molecule has 4 unspecified atom stereocenters. The van der Waals surface area contributed by atoms with Crippen LogP contribution in [0.1, 0.15) is 101 Å². The second kappa shape index (κ2) is 7.18. The highest BCUT2D eigenvalue weighted by Crippen LogP contribution is 2.69. The Morgan fingerprint density at radius 2 is 1.63 bits per heavy atom. The standard InChI is InChI=1S/C29H37N3O3/c1-27-12-18-13-28(2,15-27)17-29(14-18,16-27)32-19-6-5-7-20(32)11-21(10-19)31-23-9-4-3-8-22(23)30-24(25(31)33)26(34)35/h3-4,8-9,18-21H,5-7,10-17H2,1-2H3,(H,34,35). The normalized spacial score (nSPS) is 42.5. The van der Waals surface area contributed by atoms with Gasteiger partial charge in [0.05, 0.1) is 11.0 Å². The van der Waals surface area contributed by atoms with Gasteiger partial charge in [0.1, 0.15) is 0 Å². The molecule has 6 nitrogen and oxygen atoms in total. The summed E-state index contributed by atoms with van der Waals surface area (Å²) in [4.78, 5) is 32.5. The zero-order valence-corrected chi connectivity index (χ0v) is 21.0. The highest BCUT2D eigenvalue weighted by atomic mass is 16.4. The molecule has 35 heavy (non-hydrogen) atoms. The number of carboxylic acid groups (broad SMARTS) is 1. The molecule has 0 spiro atoms. The van der Waals surface area contributed by atoms with Crippen LogP contribution >= 0.6 is 0 Å². The van der Waals surface area contributed by atoms with Crippen molar-refractivity contribution in [3.8, 4) is 0 Å². The second-order valence-corrected chi connectivity index (χ2v) is 13.6. The summed E-state index contributed by atoms with van der Waals surface area (Å²) in [6.07, 6.45) is 13.8. The van der Waals surface area contributed by atoms with Crippen LogP contribution in [0.15, 0.2) is 29.1 Å². The average molecular weight is 476 g/mol. The van der Waals surface area contributed by atoms with Gasteiger partial charge in [-0.05, 0) is 93.1 Å². The molecule has 6 bridgehead atoms. The third-order valence-corrected chi connectivity index (χ3v) is 10.5. The van der Waals surface area contributed by atoms with Gasteiger partial charge in [0, 0.05) is 23.7 Å². The second-order valence-electron chi connectivity index (χ2n) is 13.6. The first-order chi connectivity index (χ1) is 16.7. The first-order valence-electron chi connectivity index (χ1n) is 13.7. The summed E-state index contributed by atoms with van der Waals surface area (Å²) >= 11 is 0. The van der Waals surface area contributed by atoms with Gasteiger partial charge in [-0.25, -0.2) is 9.78 Å². The SMILES string of the molecule is CC12CC3CC(C)(C1)CC(N1C4CCCC1CC(n1c(=O)c(C(=O)O)nc5ccccc51)C4)(C3)C2. The van der Waals surface area contributed by atoms with Gasteiger partial charge in [-0.3, -0.25) is 9.69 Å². The van der Waals surface area contributed by atoms with Crippen LogP contribution < -0.4 is 5.56 Å². The van der Waals surface area contributed by atoms with E-state index < -0.39 is 11.5 Å². The fourth-order valence-electron chi connectivity index (χ4n) is 10.7. The first-order valence-corrected chi connectivity index (χ1v) is 13.7. The maximum absolute atomic E-state index is 13.4. The molecule has 8 rings (SSSR count). The molecule has 186 valence electrons. The van der Waals surface area contributed by atoms with Gasteiger partial charge in [-0.1, -0.05) is 32.4 Å². The molecule has 1 aromatic heterocycles. The van der Waals surface area contributed by atoms with E-state index in [4.69, 9.17) is 0 Å². The number of nitrogens with zero attached hydrogens (tertiary/aromatic N) is 3. The highest BCUT2D eigenvalue weighted by Gasteiger charge is 2.64. The number of para-hydroxylation sites is 2. The van der Waals surface area contributed by atoms with Crippen molar-refractivity contribution in [2.24, 2.45) is 16.7 Å². The number of piperidine rings is 2. The monoisotopic (exact) mass is 475 g/mol. The minimum absolute atomic E-state index is 0.0279. The number of carbonyl (C=O) groups is 1. The van der Waals surface area contributed by atoms with Crippen molar-refractivity contribution in [1.29, 1.82) is 0 Å². The summed E-state index contributed by atoms with van der Waals surface area (Å²) in [6, 6.07) is 8.52. The molecule has 6 fully saturated rings. The van der Waals surface area contributed by atoms with E-state index in [0.717, 1.165) is 24.3 Å². The summed E-state index contributed by atoms with van der Waals surface area (Å²) < 4.78 is 1.80. The Bertz CT molecular complexity index is 1250. The van der Waals surface area contributed by atoms with Gasteiger partial charge in [-0.2, -0.15) is 0 Å². The van der Waals surface area contributed by atoms with Crippen LogP contribution in [0.5, 0.6) is 0 Å². The maximum atomic E-state index is 13.4. The van der Waals surface area contributed by atoms with Crippen LogP contribution in [0.25, 0.3) is 11.0 Å². The maximum Gasteiger partial charge on any atom is 0.360 e. The van der Waals surface area contributed by atoms with Gasteiger partial charge in [0.2, 0.25) is 5.69 Å².